The topological polar surface area (TPSA) is 0 Å². The fourth-order valence-corrected chi connectivity index (χ4v) is 1.96. The second-order valence-electron chi connectivity index (χ2n) is 3.82. The molecule has 0 radical (unpaired) electrons. The van der Waals surface area contributed by atoms with E-state index in [0.717, 1.165) is 12.8 Å². The molecule has 1 aromatic carbocycles. The molecule has 0 saturated carbocycles. The first kappa shape index (κ1) is 13.0. The Morgan fingerprint density at radius 3 is 2.73 bits per heavy atom. The molecule has 0 N–H and O–H groups in total. The molecule has 2 atom stereocenters. The van der Waals surface area contributed by atoms with Gasteiger partial charge in [0, 0.05) is 4.83 Å². The first-order valence-corrected chi connectivity index (χ1v) is 6.42. The molecule has 0 saturated heterocycles. The highest BCUT2D eigenvalue weighted by Crippen LogP contribution is 2.24. The van der Waals surface area contributed by atoms with Gasteiger partial charge in [-0.05, 0) is 30.4 Å². The number of hydrogen-bond acceptors (Lipinski definition) is 0. The average Bonchev–Trinajstić information content (AvgIpc) is 2.23. The van der Waals surface area contributed by atoms with Gasteiger partial charge in [0.1, 0.15) is 5.82 Å². The van der Waals surface area contributed by atoms with Crippen LogP contribution in [0.3, 0.4) is 0 Å². The Kier molecular flexibility index (Phi) is 5.07. The maximum absolute atomic E-state index is 13.6. The first-order valence-electron chi connectivity index (χ1n) is 5.13. The summed E-state index contributed by atoms with van der Waals surface area (Å²) in [4.78, 5) is 0.427. The van der Waals surface area contributed by atoms with Gasteiger partial charge in [-0.25, -0.2) is 4.39 Å². The van der Waals surface area contributed by atoms with E-state index in [1.54, 1.807) is 18.2 Å². The Balaban J connectivity index is 2.76. The van der Waals surface area contributed by atoms with Crippen LogP contribution in [0.15, 0.2) is 18.2 Å². The van der Waals surface area contributed by atoms with Crippen molar-refractivity contribution in [1.82, 2.24) is 0 Å². The second-order valence-corrected chi connectivity index (χ2v) is 5.40. The van der Waals surface area contributed by atoms with E-state index < -0.39 is 0 Å². The maximum Gasteiger partial charge on any atom is 0.144 e. The van der Waals surface area contributed by atoms with Crippen molar-refractivity contribution in [2.75, 3.05) is 0 Å². The number of benzene rings is 1. The quantitative estimate of drug-likeness (QED) is 0.697. The molecule has 0 spiro atoms. The minimum Gasteiger partial charge on any atom is -0.205 e. The highest BCUT2D eigenvalue weighted by molar-refractivity contribution is 9.09. The third-order valence-electron chi connectivity index (χ3n) is 2.58. The summed E-state index contributed by atoms with van der Waals surface area (Å²) in [5.41, 5.74) is 0.702. The van der Waals surface area contributed by atoms with Crippen molar-refractivity contribution in [3.63, 3.8) is 0 Å². The summed E-state index contributed by atoms with van der Waals surface area (Å²) in [6, 6.07) is 5.17. The number of rotatable bonds is 4. The van der Waals surface area contributed by atoms with Crippen molar-refractivity contribution in [2.24, 2.45) is 5.92 Å². The smallest absolute Gasteiger partial charge is 0.144 e. The van der Waals surface area contributed by atoms with E-state index in [1.165, 1.54) is 0 Å². The Bertz CT molecular complexity index is 327. The molecule has 84 valence electrons. The van der Waals surface area contributed by atoms with Crippen LogP contribution in [0.2, 0.25) is 5.02 Å². The molecule has 0 fully saturated rings. The van der Waals surface area contributed by atoms with Gasteiger partial charge in [-0.3, -0.25) is 0 Å². The standard InChI is InChI=1S/C12H15BrClF/c1-3-10(13)8(2)7-9-5-4-6-11(14)12(9)15/h4-6,8,10H,3,7H2,1-2H3. The molecule has 0 aliphatic rings. The maximum atomic E-state index is 13.6. The van der Waals surface area contributed by atoms with Crippen LogP contribution in [-0.2, 0) is 6.42 Å². The first-order chi connectivity index (χ1) is 7.06. The molecule has 15 heavy (non-hydrogen) atoms. The normalized spacial score (nSPS) is 15.0. The highest BCUT2D eigenvalue weighted by Gasteiger charge is 2.15. The molecule has 1 aromatic rings. The van der Waals surface area contributed by atoms with Crippen molar-refractivity contribution < 1.29 is 4.39 Å². The van der Waals surface area contributed by atoms with Crippen molar-refractivity contribution in [3.05, 3.63) is 34.6 Å². The summed E-state index contributed by atoms with van der Waals surface area (Å²) in [6.07, 6.45) is 1.76. The molecule has 0 bridgehead atoms. The van der Waals surface area contributed by atoms with Crippen LogP contribution in [0.5, 0.6) is 0 Å². The fraction of sp³-hybridized carbons (Fsp3) is 0.500. The summed E-state index contributed by atoms with van der Waals surface area (Å²) >= 11 is 9.31. The van der Waals surface area contributed by atoms with Gasteiger partial charge in [0.25, 0.3) is 0 Å². The molecule has 0 aliphatic carbocycles. The molecule has 0 amide bonds. The highest BCUT2D eigenvalue weighted by atomic mass is 79.9. The zero-order chi connectivity index (χ0) is 11.4. The summed E-state index contributed by atoms with van der Waals surface area (Å²) in [5.74, 6) is 0.129. The summed E-state index contributed by atoms with van der Waals surface area (Å²) in [7, 11) is 0. The predicted octanol–water partition coefficient (Wildman–Crippen LogP) is 4.83. The van der Waals surface area contributed by atoms with Gasteiger partial charge in [-0.1, -0.05) is 53.5 Å². The number of halogens is 3. The monoisotopic (exact) mass is 292 g/mol. The molecule has 3 heteroatoms. The molecule has 2 unspecified atom stereocenters. The van der Waals surface area contributed by atoms with E-state index in [1.807, 2.05) is 0 Å². The second kappa shape index (κ2) is 5.86. The van der Waals surface area contributed by atoms with Crippen molar-refractivity contribution in [1.29, 1.82) is 0 Å². The number of hydrogen-bond donors (Lipinski definition) is 0. The fourth-order valence-electron chi connectivity index (χ4n) is 1.58. The van der Waals surface area contributed by atoms with Crippen LogP contribution >= 0.6 is 27.5 Å². The van der Waals surface area contributed by atoms with Gasteiger partial charge in [-0.15, -0.1) is 0 Å². The lowest BCUT2D eigenvalue weighted by molar-refractivity contribution is 0.522. The Hall–Kier alpha value is -0.0800. The third kappa shape index (κ3) is 3.46. The van der Waals surface area contributed by atoms with Crippen molar-refractivity contribution in [3.8, 4) is 0 Å². The molecule has 1 rings (SSSR count). The van der Waals surface area contributed by atoms with E-state index in [-0.39, 0.29) is 10.8 Å². The molecule has 0 aliphatic heterocycles. The summed E-state index contributed by atoms with van der Waals surface area (Å²) in [6.45, 7) is 4.23. The molecule has 0 aromatic heterocycles. The van der Waals surface area contributed by atoms with E-state index in [4.69, 9.17) is 11.6 Å². The lowest BCUT2D eigenvalue weighted by Gasteiger charge is -2.17. The summed E-state index contributed by atoms with van der Waals surface area (Å²) < 4.78 is 13.6. The Labute approximate surface area is 104 Å². The van der Waals surface area contributed by atoms with Crippen LogP contribution in [0.4, 0.5) is 4.39 Å². The summed E-state index contributed by atoms with van der Waals surface area (Å²) in [5, 5.41) is 0.210. The largest absolute Gasteiger partial charge is 0.205 e. The predicted molar refractivity (Wildman–Crippen MR) is 67.3 cm³/mol. The molecular weight excluding hydrogens is 278 g/mol. The van der Waals surface area contributed by atoms with Gasteiger partial charge in [-0.2, -0.15) is 0 Å². The lowest BCUT2D eigenvalue weighted by atomic mass is 9.96. The van der Waals surface area contributed by atoms with Gasteiger partial charge in [0.05, 0.1) is 5.02 Å². The third-order valence-corrected chi connectivity index (χ3v) is 4.42. The van der Waals surface area contributed by atoms with E-state index >= 15 is 0 Å². The van der Waals surface area contributed by atoms with Crippen LogP contribution < -0.4 is 0 Å². The minimum absolute atomic E-state index is 0.210. The Morgan fingerprint density at radius 1 is 1.47 bits per heavy atom. The molecule has 0 heterocycles. The van der Waals surface area contributed by atoms with Crippen molar-refractivity contribution in [2.45, 2.75) is 31.5 Å². The Morgan fingerprint density at radius 2 is 2.13 bits per heavy atom. The van der Waals surface area contributed by atoms with E-state index in [9.17, 15) is 4.39 Å². The van der Waals surface area contributed by atoms with Gasteiger partial charge >= 0.3 is 0 Å². The van der Waals surface area contributed by atoms with Crippen molar-refractivity contribution >= 4 is 27.5 Å². The SMILES string of the molecule is CCC(Br)C(C)Cc1cccc(Cl)c1F. The lowest BCUT2D eigenvalue weighted by Crippen LogP contribution is -2.13. The van der Waals surface area contributed by atoms with E-state index in [2.05, 4.69) is 29.8 Å². The van der Waals surface area contributed by atoms with E-state index in [0.29, 0.717) is 16.3 Å². The van der Waals surface area contributed by atoms with Crippen LogP contribution in [0, 0.1) is 11.7 Å². The molecular formula is C12H15BrClF. The van der Waals surface area contributed by atoms with Gasteiger partial charge in [0.2, 0.25) is 0 Å². The van der Waals surface area contributed by atoms with Gasteiger partial charge < -0.3 is 0 Å². The number of alkyl halides is 1. The minimum atomic E-state index is -0.276. The zero-order valence-electron chi connectivity index (χ0n) is 8.93. The van der Waals surface area contributed by atoms with Crippen LogP contribution in [0.25, 0.3) is 0 Å². The van der Waals surface area contributed by atoms with Crippen LogP contribution in [-0.4, -0.2) is 4.83 Å². The van der Waals surface area contributed by atoms with Gasteiger partial charge in [0.15, 0.2) is 0 Å². The molecule has 0 nitrogen and oxygen atoms in total. The average molecular weight is 294 g/mol. The van der Waals surface area contributed by atoms with Crippen LogP contribution in [0.1, 0.15) is 25.8 Å². The zero-order valence-corrected chi connectivity index (χ0v) is 11.3.